The molecule has 6 heteroatoms. The SMILES string of the molecule is COc1cccc(CN(C)C(=O)CN(C)CC(=O)NC2CC2)c1. The van der Waals surface area contributed by atoms with Gasteiger partial charge in [-0.3, -0.25) is 14.5 Å². The van der Waals surface area contributed by atoms with Crippen LogP contribution in [0.4, 0.5) is 0 Å². The van der Waals surface area contributed by atoms with Crippen molar-refractivity contribution in [2.75, 3.05) is 34.3 Å². The van der Waals surface area contributed by atoms with Crippen molar-refractivity contribution in [2.24, 2.45) is 0 Å². The zero-order chi connectivity index (χ0) is 16.8. The van der Waals surface area contributed by atoms with Gasteiger partial charge in [-0.05, 0) is 37.6 Å². The quantitative estimate of drug-likeness (QED) is 0.772. The van der Waals surface area contributed by atoms with Crippen LogP contribution in [-0.2, 0) is 16.1 Å². The molecular formula is C17H25N3O3. The Bertz CT molecular complexity index is 558. The molecule has 1 fully saturated rings. The van der Waals surface area contributed by atoms with Gasteiger partial charge in [0, 0.05) is 19.6 Å². The molecule has 2 amide bonds. The fraction of sp³-hybridized carbons (Fsp3) is 0.529. The number of likely N-dealkylation sites (N-methyl/N-ethyl adjacent to an activating group) is 2. The third-order valence-electron chi connectivity index (χ3n) is 3.74. The van der Waals surface area contributed by atoms with Gasteiger partial charge in [0.05, 0.1) is 20.2 Å². The van der Waals surface area contributed by atoms with Gasteiger partial charge in [-0.15, -0.1) is 0 Å². The first-order valence-electron chi connectivity index (χ1n) is 7.82. The molecule has 126 valence electrons. The fourth-order valence-electron chi connectivity index (χ4n) is 2.29. The van der Waals surface area contributed by atoms with E-state index in [1.54, 1.807) is 31.0 Å². The van der Waals surface area contributed by atoms with Crippen LogP contribution in [0.15, 0.2) is 24.3 Å². The van der Waals surface area contributed by atoms with Gasteiger partial charge < -0.3 is 15.0 Å². The summed E-state index contributed by atoms with van der Waals surface area (Å²) in [5.41, 5.74) is 1.01. The first-order valence-corrected chi connectivity index (χ1v) is 7.82. The number of hydrogen-bond donors (Lipinski definition) is 1. The highest BCUT2D eigenvalue weighted by atomic mass is 16.5. The van der Waals surface area contributed by atoms with Gasteiger partial charge in [0.1, 0.15) is 5.75 Å². The van der Waals surface area contributed by atoms with Crippen molar-refractivity contribution >= 4 is 11.8 Å². The summed E-state index contributed by atoms with van der Waals surface area (Å²) in [6.07, 6.45) is 2.13. The lowest BCUT2D eigenvalue weighted by atomic mass is 10.2. The van der Waals surface area contributed by atoms with E-state index in [4.69, 9.17) is 4.74 Å². The van der Waals surface area contributed by atoms with E-state index in [2.05, 4.69) is 5.32 Å². The van der Waals surface area contributed by atoms with E-state index in [-0.39, 0.29) is 24.9 Å². The van der Waals surface area contributed by atoms with E-state index in [9.17, 15) is 9.59 Å². The normalized spacial score (nSPS) is 13.7. The summed E-state index contributed by atoms with van der Waals surface area (Å²) < 4.78 is 5.19. The molecule has 0 spiro atoms. The van der Waals surface area contributed by atoms with E-state index in [1.165, 1.54) is 0 Å². The number of carbonyl (C=O) groups excluding carboxylic acids is 2. The second-order valence-corrected chi connectivity index (χ2v) is 6.12. The minimum Gasteiger partial charge on any atom is -0.497 e. The molecule has 0 unspecified atom stereocenters. The Morgan fingerprint density at radius 2 is 2.00 bits per heavy atom. The number of amides is 2. The summed E-state index contributed by atoms with van der Waals surface area (Å²) in [6, 6.07) is 8.00. The molecule has 0 heterocycles. The molecule has 0 radical (unpaired) electrons. The van der Waals surface area contributed by atoms with Gasteiger partial charge in [-0.1, -0.05) is 12.1 Å². The monoisotopic (exact) mass is 319 g/mol. The predicted molar refractivity (Wildman–Crippen MR) is 88.1 cm³/mol. The maximum atomic E-state index is 12.2. The first kappa shape index (κ1) is 17.3. The van der Waals surface area contributed by atoms with Gasteiger partial charge in [-0.2, -0.15) is 0 Å². The number of ether oxygens (including phenoxy) is 1. The lowest BCUT2D eigenvalue weighted by Gasteiger charge is -2.22. The molecule has 1 aromatic carbocycles. The predicted octanol–water partition coefficient (Wildman–Crippen LogP) is 0.864. The Kier molecular flexibility index (Phi) is 5.98. The number of carbonyl (C=O) groups is 2. The molecule has 0 atom stereocenters. The summed E-state index contributed by atoms with van der Waals surface area (Å²) in [7, 11) is 5.17. The number of hydrogen-bond acceptors (Lipinski definition) is 4. The number of benzene rings is 1. The third kappa shape index (κ3) is 5.90. The number of nitrogens with zero attached hydrogens (tertiary/aromatic N) is 2. The second kappa shape index (κ2) is 7.97. The molecular weight excluding hydrogens is 294 g/mol. The van der Waals surface area contributed by atoms with Crippen LogP contribution < -0.4 is 10.1 Å². The highest BCUT2D eigenvalue weighted by molar-refractivity contribution is 5.81. The summed E-state index contributed by atoms with van der Waals surface area (Å²) >= 11 is 0. The van der Waals surface area contributed by atoms with E-state index < -0.39 is 0 Å². The van der Waals surface area contributed by atoms with Crippen LogP contribution in [0.1, 0.15) is 18.4 Å². The van der Waals surface area contributed by atoms with Crippen molar-refractivity contribution in [3.05, 3.63) is 29.8 Å². The number of methoxy groups -OCH3 is 1. The molecule has 0 aromatic heterocycles. The van der Waals surface area contributed by atoms with Crippen LogP contribution in [0.2, 0.25) is 0 Å². The minimum absolute atomic E-state index is 0.0155. The Morgan fingerprint density at radius 3 is 2.65 bits per heavy atom. The minimum atomic E-state index is -0.0189. The highest BCUT2D eigenvalue weighted by Gasteiger charge is 2.24. The van der Waals surface area contributed by atoms with Gasteiger partial charge >= 0.3 is 0 Å². The zero-order valence-electron chi connectivity index (χ0n) is 14.0. The van der Waals surface area contributed by atoms with Crippen LogP contribution in [0, 0.1) is 0 Å². The lowest BCUT2D eigenvalue weighted by molar-refractivity contribution is -0.132. The molecule has 1 N–H and O–H groups in total. The zero-order valence-corrected chi connectivity index (χ0v) is 14.0. The number of rotatable bonds is 8. The van der Waals surface area contributed by atoms with Crippen molar-refractivity contribution < 1.29 is 14.3 Å². The summed E-state index contributed by atoms with van der Waals surface area (Å²) in [4.78, 5) is 27.4. The molecule has 1 aliphatic rings. The van der Waals surface area contributed by atoms with Crippen LogP contribution >= 0.6 is 0 Å². The Labute approximate surface area is 137 Å². The average molecular weight is 319 g/mol. The summed E-state index contributed by atoms with van der Waals surface area (Å²) in [5.74, 6) is 0.741. The smallest absolute Gasteiger partial charge is 0.236 e. The van der Waals surface area contributed by atoms with E-state index in [1.807, 2.05) is 24.3 Å². The van der Waals surface area contributed by atoms with Crippen molar-refractivity contribution in [3.8, 4) is 5.75 Å². The molecule has 0 saturated heterocycles. The molecule has 1 aromatic rings. The third-order valence-corrected chi connectivity index (χ3v) is 3.74. The van der Waals surface area contributed by atoms with Gasteiger partial charge in [0.15, 0.2) is 0 Å². The van der Waals surface area contributed by atoms with E-state index >= 15 is 0 Å². The fourth-order valence-corrected chi connectivity index (χ4v) is 2.29. The molecule has 1 saturated carbocycles. The molecule has 0 aliphatic heterocycles. The van der Waals surface area contributed by atoms with Crippen molar-refractivity contribution in [1.82, 2.24) is 15.1 Å². The van der Waals surface area contributed by atoms with Gasteiger partial charge in [-0.25, -0.2) is 0 Å². The Morgan fingerprint density at radius 1 is 1.26 bits per heavy atom. The molecule has 6 nitrogen and oxygen atoms in total. The van der Waals surface area contributed by atoms with Gasteiger partial charge in [0.2, 0.25) is 11.8 Å². The summed E-state index contributed by atoms with van der Waals surface area (Å²) in [5, 5.41) is 2.92. The van der Waals surface area contributed by atoms with Crippen molar-refractivity contribution in [1.29, 1.82) is 0 Å². The van der Waals surface area contributed by atoms with E-state index in [0.29, 0.717) is 12.6 Å². The van der Waals surface area contributed by atoms with Crippen LogP contribution in [0.25, 0.3) is 0 Å². The van der Waals surface area contributed by atoms with Crippen molar-refractivity contribution in [3.63, 3.8) is 0 Å². The maximum Gasteiger partial charge on any atom is 0.236 e. The largest absolute Gasteiger partial charge is 0.497 e. The average Bonchev–Trinajstić information content (AvgIpc) is 3.30. The number of nitrogens with one attached hydrogen (secondary N) is 1. The topological polar surface area (TPSA) is 61.9 Å². The second-order valence-electron chi connectivity index (χ2n) is 6.12. The highest BCUT2D eigenvalue weighted by Crippen LogP contribution is 2.18. The van der Waals surface area contributed by atoms with Crippen LogP contribution in [0.5, 0.6) is 5.75 Å². The molecule has 23 heavy (non-hydrogen) atoms. The Balaban J connectivity index is 1.77. The summed E-state index contributed by atoms with van der Waals surface area (Å²) in [6.45, 7) is 0.978. The lowest BCUT2D eigenvalue weighted by Crippen LogP contribution is -2.41. The van der Waals surface area contributed by atoms with Gasteiger partial charge in [0.25, 0.3) is 0 Å². The molecule has 2 rings (SSSR count). The first-order chi connectivity index (χ1) is 11.0. The van der Waals surface area contributed by atoms with Crippen LogP contribution in [0.3, 0.4) is 0 Å². The van der Waals surface area contributed by atoms with Crippen LogP contribution in [-0.4, -0.2) is 62.0 Å². The Hall–Kier alpha value is -2.08. The maximum absolute atomic E-state index is 12.2. The molecule has 1 aliphatic carbocycles. The molecule has 0 bridgehead atoms. The van der Waals surface area contributed by atoms with E-state index in [0.717, 1.165) is 24.2 Å². The standard InChI is InChI=1S/C17H25N3O3/c1-19(11-16(21)18-14-7-8-14)12-17(22)20(2)10-13-5-4-6-15(9-13)23-3/h4-6,9,14H,7-8,10-12H2,1-3H3,(H,18,21). The van der Waals surface area contributed by atoms with Crippen molar-refractivity contribution in [2.45, 2.75) is 25.4 Å².